The Morgan fingerprint density at radius 3 is 2.69 bits per heavy atom. The third kappa shape index (κ3) is 2.79. The minimum Gasteiger partial charge on any atom is -0.348 e. The number of fused-ring (bicyclic) bond motifs is 3. The van der Waals surface area contributed by atoms with Crippen LogP contribution in [0.3, 0.4) is 0 Å². The first kappa shape index (κ1) is 19.2. The predicted octanol–water partition coefficient (Wildman–Crippen LogP) is 5.27. The van der Waals surface area contributed by atoms with E-state index < -0.39 is 5.41 Å². The molecule has 5 nitrogen and oxygen atoms in total. The minimum absolute atomic E-state index is 0.00599. The summed E-state index contributed by atoms with van der Waals surface area (Å²) in [6.07, 6.45) is 0.494. The van der Waals surface area contributed by atoms with Crippen LogP contribution in [0, 0.1) is 5.41 Å². The lowest BCUT2D eigenvalue weighted by molar-refractivity contribution is -0.137. The molecule has 0 radical (unpaired) electrons. The summed E-state index contributed by atoms with van der Waals surface area (Å²) in [5.74, 6) is -0.401. The average Bonchev–Trinajstić information content (AvgIpc) is 3.28. The number of aromatic nitrogens is 1. The van der Waals surface area contributed by atoms with Crippen LogP contribution in [0.5, 0.6) is 0 Å². The molecule has 3 heterocycles. The third-order valence-corrected chi connectivity index (χ3v) is 7.62. The summed E-state index contributed by atoms with van der Waals surface area (Å²) in [6, 6.07) is 22.0. The molecule has 4 aromatic rings. The number of rotatable bonds is 3. The lowest BCUT2D eigenvalue weighted by Gasteiger charge is -2.49. The summed E-state index contributed by atoms with van der Waals surface area (Å²) in [4.78, 5) is 30.7. The Hall–Kier alpha value is -3.51. The lowest BCUT2D eigenvalue weighted by Crippen LogP contribution is -2.57. The maximum atomic E-state index is 13.5. The van der Waals surface area contributed by atoms with Crippen molar-refractivity contribution in [3.8, 4) is 11.3 Å². The van der Waals surface area contributed by atoms with E-state index in [0.717, 1.165) is 33.2 Å². The number of carbonyl (C=O) groups is 2. The van der Waals surface area contributed by atoms with Crippen molar-refractivity contribution in [2.24, 2.45) is 5.41 Å². The van der Waals surface area contributed by atoms with Gasteiger partial charge in [0.15, 0.2) is 5.13 Å². The zero-order valence-corrected chi connectivity index (χ0v) is 18.3. The number of hydrogen-bond donors (Lipinski definition) is 2. The largest absolute Gasteiger partial charge is 0.348 e. The Balaban J connectivity index is 1.30. The highest BCUT2D eigenvalue weighted by Crippen LogP contribution is 2.53. The fourth-order valence-corrected chi connectivity index (χ4v) is 5.87. The highest BCUT2D eigenvalue weighted by atomic mass is 32.1. The van der Waals surface area contributed by atoms with Crippen molar-refractivity contribution in [3.63, 3.8) is 0 Å². The first-order valence-corrected chi connectivity index (χ1v) is 11.6. The number of anilines is 1. The summed E-state index contributed by atoms with van der Waals surface area (Å²) in [5.41, 5.74) is 3.23. The summed E-state index contributed by atoms with van der Waals surface area (Å²) in [5, 5.41) is 10.9. The summed E-state index contributed by atoms with van der Waals surface area (Å²) >= 11 is 1.42. The van der Waals surface area contributed by atoms with Gasteiger partial charge in [-0.3, -0.25) is 9.59 Å². The van der Waals surface area contributed by atoms with Gasteiger partial charge in [-0.25, -0.2) is 4.98 Å². The number of benzene rings is 3. The number of carbonyl (C=O) groups excluding carboxylic acids is 2. The van der Waals surface area contributed by atoms with E-state index in [1.165, 1.54) is 11.3 Å². The second-order valence-electron chi connectivity index (χ2n) is 8.76. The Morgan fingerprint density at radius 1 is 1.06 bits per heavy atom. The van der Waals surface area contributed by atoms with Crippen molar-refractivity contribution in [1.82, 2.24) is 10.3 Å². The minimum atomic E-state index is -0.738. The first-order chi connectivity index (χ1) is 15.5. The standard InChI is InChI=1S/C26H21N3O2S/c1-26(13-20-17-10-4-5-11-19(17)22(26)28-23(20)30)24(31)29-25-27-21(14-32-25)18-12-6-8-15-7-2-3-9-16(15)18/h2-12,14,20,22H,13H2,1H3,(H,28,30)(H,27,29,31). The maximum Gasteiger partial charge on any atom is 0.234 e. The van der Waals surface area contributed by atoms with Crippen LogP contribution in [0.25, 0.3) is 22.0 Å². The van der Waals surface area contributed by atoms with E-state index in [0.29, 0.717) is 11.6 Å². The Kier molecular flexibility index (Phi) is 4.20. The average molecular weight is 440 g/mol. The number of amides is 2. The molecular formula is C26H21N3O2S. The van der Waals surface area contributed by atoms with Gasteiger partial charge in [0.05, 0.1) is 23.1 Å². The molecule has 1 aromatic heterocycles. The van der Waals surface area contributed by atoms with Gasteiger partial charge in [0.2, 0.25) is 11.8 Å². The molecule has 3 atom stereocenters. The quantitative estimate of drug-likeness (QED) is 0.457. The molecule has 32 heavy (non-hydrogen) atoms. The van der Waals surface area contributed by atoms with E-state index in [1.54, 1.807) is 0 Å². The van der Waals surface area contributed by atoms with Crippen molar-refractivity contribution >= 4 is 39.1 Å². The Bertz CT molecular complexity index is 1390. The molecule has 0 spiro atoms. The fourth-order valence-electron chi connectivity index (χ4n) is 5.17. The van der Waals surface area contributed by atoms with Crippen LogP contribution >= 0.6 is 11.3 Å². The van der Waals surface area contributed by atoms with Gasteiger partial charge in [0.1, 0.15) is 0 Å². The summed E-state index contributed by atoms with van der Waals surface area (Å²) in [6.45, 7) is 1.94. The number of nitrogens with zero attached hydrogens (tertiary/aromatic N) is 1. The Labute approximate surface area is 189 Å². The van der Waals surface area contributed by atoms with Gasteiger partial charge >= 0.3 is 0 Å². The van der Waals surface area contributed by atoms with E-state index in [4.69, 9.17) is 4.98 Å². The molecule has 1 aliphatic carbocycles. The first-order valence-electron chi connectivity index (χ1n) is 10.7. The van der Waals surface area contributed by atoms with Gasteiger partial charge in [-0.2, -0.15) is 0 Å². The van der Waals surface area contributed by atoms with Crippen LogP contribution in [-0.4, -0.2) is 16.8 Å². The van der Waals surface area contributed by atoms with Gasteiger partial charge < -0.3 is 10.6 Å². The van der Waals surface area contributed by atoms with Gasteiger partial charge in [-0.05, 0) is 35.2 Å². The normalized spacial score (nSPS) is 23.6. The topological polar surface area (TPSA) is 71.1 Å². The fraction of sp³-hybridized carbons (Fsp3) is 0.192. The molecule has 6 heteroatoms. The summed E-state index contributed by atoms with van der Waals surface area (Å²) in [7, 11) is 0. The van der Waals surface area contributed by atoms with Crippen LogP contribution in [-0.2, 0) is 9.59 Å². The lowest BCUT2D eigenvalue weighted by atomic mass is 9.61. The number of nitrogens with one attached hydrogen (secondary N) is 2. The highest BCUT2D eigenvalue weighted by molar-refractivity contribution is 7.14. The molecule has 2 bridgehead atoms. The van der Waals surface area contributed by atoms with Crippen molar-refractivity contribution in [3.05, 3.63) is 83.2 Å². The monoisotopic (exact) mass is 439 g/mol. The molecule has 3 aromatic carbocycles. The molecule has 158 valence electrons. The van der Waals surface area contributed by atoms with Gasteiger partial charge in [0.25, 0.3) is 0 Å². The second-order valence-corrected chi connectivity index (χ2v) is 9.62. The number of piperidine rings is 1. The molecular weight excluding hydrogens is 418 g/mol. The SMILES string of the molecule is CC1(C(=O)Nc2nc(-c3cccc4ccccc34)cs2)CC2C(=O)NC1c1ccccc12. The predicted molar refractivity (Wildman–Crippen MR) is 126 cm³/mol. The molecule has 1 saturated heterocycles. The van der Waals surface area contributed by atoms with Crippen LogP contribution < -0.4 is 10.6 Å². The van der Waals surface area contributed by atoms with Crippen molar-refractivity contribution in [2.75, 3.05) is 5.32 Å². The molecule has 3 aliphatic rings. The van der Waals surface area contributed by atoms with Crippen molar-refractivity contribution in [1.29, 1.82) is 0 Å². The number of thiazole rings is 1. The van der Waals surface area contributed by atoms with Crippen molar-refractivity contribution < 1.29 is 9.59 Å². The molecule has 3 unspecified atom stereocenters. The summed E-state index contributed by atoms with van der Waals surface area (Å²) < 4.78 is 0. The van der Waals surface area contributed by atoms with Crippen LogP contribution in [0.15, 0.2) is 72.1 Å². The van der Waals surface area contributed by atoms with E-state index >= 15 is 0 Å². The third-order valence-electron chi connectivity index (χ3n) is 6.86. The van der Waals surface area contributed by atoms with Gasteiger partial charge in [-0.1, -0.05) is 66.7 Å². The smallest absolute Gasteiger partial charge is 0.234 e. The van der Waals surface area contributed by atoms with Crippen LogP contribution in [0.1, 0.15) is 36.4 Å². The molecule has 2 amide bonds. The van der Waals surface area contributed by atoms with E-state index in [-0.39, 0.29) is 23.8 Å². The van der Waals surface area contributed by atoms with Gasteiger partial charge in [0, 0.05) is 10.9 Å². The van der Waals surface area contributed by atoms with Crippen LogP contribution in [0.2, 0.25) is 0 Å². The maximum absolute atomic E-state index is 13.5. The zero-order valence-electron chi connectivity index (χ0n) is 17.5. The van der Waals surface area contributed by atoms with E-state index in [1.807, 2.05) is 54.8 Å². The Morgan fingerprint density at radius 2 is 1.81 bits per heavy atom. The molecule has 1 fully saturated rings. The van der Waals surface area contributed by atoms with Gasteiger partial charge in [-0.15, -0.1) is 11.3 Å². The highest BCUT2D eigenvalue weighted by Gasteiger charge is 2.55. The second kappa shape index (κ2) is 7.00. The van der Waals surface area contributed by atoms with E-state index in [2.05, 4.69) is 34.9 Å². The van der Waals surface area contributed by atoms with Crippen LogP contribution in [0.4, 0.5) is 5.13 Å². The number of hydrogen-bond acceptors (Lipinski definition) is 4. The van der Waals surface area contributed by atoms with E-state index in [9.17, 15) is 9.59 Å². The molecule has 7 rings (SSSR count). The zero-order chi connectivity index (χ0) is 21.9. The molecule has 0 saturated carbocycles. The van der Waals surface area contributed by atoms with Crippen molar-refractivity contribution in [2.45, 2.75) is 25.3 Å². The molecule has 2 N–H and O–H groups in total. The molecule has 2 aliphatic heterocycles.